The Bertz CT molecular complexity index is 1340. The number of benzene rings is 1. The number of carbonyl (C=O) groups excluding carboxylic acids is 3. The van der Waals surface area contributed by atoms with Crippen molar-refractivity contribution < 1.29 is 28.3 Å². The van der Waals surface area contributed by atoms with Crippen molar-refractivity contribution in [3.63, 3.8) is 0 Å². The highest BCUT2D eigenvalue weighted by molar-refractivity contribution is 7.13. The van der Waals surface area contributed by atoms with Crippen molar-refractivity contribution in [1.29, 1.82) is 5.26 Å². The number of aryl methyl sites for hydroxylation is 1. The average molecular weight is 560 g/mol. The number of aliphatic hydroxyl groups excluding tert-OH is 1. The van der Waals surface area contributed by atoms with E-state index < -0.39 is 58.4 Å². The number of carbonyl (C=O) groups is 3. The zero-order valence-electron chi connectivity index (χ0n) is 22.2. The maximum Gasteiger partial charge on any atom is 0.246 e. The molecule has 0 radical (unpaired) electrons. The summed E-state index contributed by atoms with van der Waals surface area (Å²) >= 11 is 1.19. The van der Waals surface area contributed by atoms with Crippen molar-refractivity contribution in [1.82, 2.24) is 20.5 Å². The molecule has 0 unspecified atom stereocenters. The number of nitrogens with zero attached hydrogens (tertiary/aromatic N) is 3. The summed E-state index contributed by atoms with van der Waals surface area (Å²) in [4.78, 5) is 45.2. The van der Waals surface area contributed by atoms with E-state index in [9.17, 15) is 33.5 Å². The summed E-state index contributed by atoms with van der Waals surface area (Å²) < 4.78 is 29.7. The topological polar surface area (TPSA) is 135 Å². The lowest BCUT2D eigenvalue weighted by Gasteiger charge is -2.35. The normalized spacial score (nSPS) is 20.7. The molecule has 12 heteroatoms. The summed E-state index contributed by atoms with van der Waals surface area (Å²) in [5, 5.41) is 24.9. The fraction of sp³-hybridized carbons (Fsp3) is 0.519. The van der Waals surface area contributed by atoms with E-state index in [2.05, 4.69) is 15.6 Å². The minimum absolute atomic E-state index is 0.0506. The standard InChI is InChI=1S/C27H31F2N5O4S/c1-14-21(39-13-32-14)17-6-5-15(19(28)20(17)29)10-31-23(36)18-9-16(35)11-34(18)24(37)22(26(2,3)4)33-25(38)27(12-30)7-8-27/h5-6,13,16,18,22,35H,7-11H2,1-4H3,(H,31,36)(H,33,38)/t16-,18+,22-/m1/s1. The Morgan fingerprint density at radius 1 is 1.28 bits per heavy atom. The van der Waals surface area contributed by atoms with E-state index in [0.29, 0.717) is 23.4 Å². The van der Waals surface area contributed by atoms with E-state index in [0.717, 1.165) is 0 Å². The monoisotopic (exact) mass is 559 g/mol. The highest BCUT2D eigenvalue weighted by Crippen LogP contribution is 2.45. The van der Waals surface area contributed by atoms with Crippen molar-refractivity contribution in [2.75, 3.05) is 6.54 Å². The molecule has 2 aromatic rings. The third kappa shape index (κ3) is 5.65. The van der Waals surface area contributed by atoms with Gasteiger partial charge in [0.2, 0.25) is 17.7 Å². The number of hydrogen-bond donors (Lipinski definition) is 3. The second-order valence-corrected chi connectivity index (χ2v) is 12.1. The number of nitriles is 1. The van der Waals surface area contributed by atoms with Crippen LogP contribution in [0.4, 0.5) is 8.78 Å². The molecule has 2 heterocycles. The van der Waals surface area contributed by atoms with Crippen LogP contribution in [0.1, 0.15) is 51.3 Å². The second-order valence-electron chi connectivity index (χ2n) is 11.2. The number of likely N-dealkylation sites (tertiary alicyclic amines) is 1. The molecule has 1 aromatic carbocycles. The number of hydrogen-bond acceptors (Lipinski definition) is 7. The molecule has 0 spiro atoms. The van der Waals surface area contributed by atoms with Crippen LogP contribution in [0, 0.1) is 40.7 Å². The van der Waals surface area contributed by atoms with Gasteiger partial charge < -0.3 is 20.6 Å². The number of nitrogens with one attached hydrogen (secondary N) is 2. The van der Waals surface area contributed by atoms with Gasteiger partial charge in [-0.05, 0) is 31.2 Å². The zero-order chi connectivity index (χ0) is 28.7. The summed E-state index contributed by atoms with van der Waals surface area (Å²) in [6.45, 7) is 6.48. The number of halogens is 2. The van der Waals surface area contributed by atoms with Gasteiger partial charge in [0.1, 0.15) is 17.5 Å². The molecule has 39 heavy (non-hydrogen) atoms. The number of β-amino-alcohol motifs (C(OH)–C–C–N with tert-alkyl or cyclic N) is 1. The third-order valence-corrected chi connectivity index (χ3v) is 8.22. The molecule has 2 fully saturated rings. The minimum atomic E-state index is -1.14. The quantitative estimate of drug-likeness (QED) is 0.478. The van der Waals surface area contributed by atoms with Crippen molar-refractivity contribution >= 4 is 29.1 Å². The van der Waals surface area contributed by atoms with E-state index >= 15 is 0 Å². The summed E-state index contributed by atoms with van der Waals surface area (Å²) in [7, 11) is 0. The molecule has 1 aliphatic heterocycles. The lowest BCUT2D eigenvalue weighted by atomic mass is 9.85. The number of thiazole rings is 1. The summed E-state index contributed by atoms with van der Waals surface area (Å²) in [6, 6.07) is 2.69. The van der Waals surface area contributed by atoms with E-state index in [1.54, 1.807) is 33.2 Å². The van der Waals surface area contributed by atoms with E-state index in [-0.39, 0.29) is 30.6 Å². The predicted molar refractivity (Wildman–Crippen MR) is 139 cm³/mol. The molecular formula is C27H31F2N5O4S. The lowest BCUT2D eigenvalue weighted by molar-refractivity contribution is -0.144. The highest BCUT2D eigenvalue weighted by Gasteiger charge is 2.53. The Hall–Kier alpha value is -3.43. The molecule has 1 saturated carbocycles. The molecule has 3 N–H and O–H groups in total. The predicted octanol–water partition coefficient (Wildman–Crippen LogP) is 2.81. The maximum absolute atomic E-state index is 14.9. The Labute approximate surface area is 229 Å². The number of rotatable bonds is 7. The maximum atomic E-state index is 14.9. The largest absolute Gasteiger partial charge is 0.391 e. The van der Waals surface area contributed by atoms with Gasteiger partial charge in [-0.2, -0.15) is 5.26 Å². The number of aliphatic hydroxyl groups is 1. The van der Waals surface area contributed by atoms with Crippen LogP contribution in [0.15, 0.2) is 17.6 Å². The fourth-order valence-corrected chi connectivity index (χ4v) is 5.49. The Balaban J connectivity index is 1.48. The molecular weight excluding hydrogens is 528 g/mol. The molecule has 2 aliphatic rings. The van der Waals surface area contributed by atoms with Gasteiger partial charge in [0.25, 0.3) is 0 Å². The first-order chi connectivity index (χ1) is 18.3. The average Bonchev–Trinajstić information content (AvgIpc) is 3.42. The van der Waals surface area contributed by atoms with Crippen LogP contribution in [-0.2, 0) is 20.9 Å². The van der Waals surface area contributed by atoms with Crippen LogP contribution >= 0.6 is 11.3 Å². The first-order valence-corrected chi connectivity index (χ1v) is 13.5. The zero-order valence-corrected chi connectivity index (χ0v) is 23.0. The van der Waals surface area contributed by atoms with E-state index in [4.69, 9.17) is 0 Å². The molecule has 0 bridgehead atoms. The lowest BCUT2D eigenvalue weighted by Crippen LogP contribution is -2.58. The van der Waals surface area contributed by atoms with Crippen LogP contribution in [0.5, 0.6) is 0 Å². The molecule has 3 atom stereocenters. The van der Waals surface area contributed by atoms with Crippen molar-refractivity contribution in [3.05, 3.63) is 40.5 Å². The Morgan fingerprint density at radius 2 is 1.97 bits per heavy atom. The van der Waals surface area contributed by atoms with Gasteiger partial charge in [-0.15, -0.1) is 11.3 Å². The van der Waals surface area contributed by atoms with Crippen molar-refractivity contribution in [3.8, 4) is 16.5 Å². The van der Waals surface area contributed by atoms with Crippen LogP contribution in [0.3, 0.4) is 0 Å². The van der Waals surface area contributed by atoms with Crippen LogP contribution in [-0.4, -0.2) is 57.4 Å². The first kappa shape index (κ1) is 28.6. The van der Waals surface area contributed by atoms with E-state index in [1.807, 2.05) is 6.07 Å². The fourth-order valence-electron chi connectivity index (χ4n) is 4.67. The first-order valence-electron chi connectivity index (χ1n) is 12.6. The van der Waals surface area contributed by atoms with Crippen molar-refractivity contribution in [2.24, 2.45) is 10.8 Å². The molecule has 1 saturated heterocycles. The molecule has 9 nitrogen and oxygen atoms in total. The highest BCUT2D eigenvalue weighted by atomic mass is 32.1. The van der Waals surface area contributed by atoms with Crippen LogP contribution in [0.25, 0.3) is 10.4 Å². The second kappa shape index (κ2) is 10.6. The molecule has 3 amide bonds. The number of aromatic nitrogens is 1. The molecule has 1 aliphatic carbocycles. The van der Waals surface area contributed by atoms with Gasteiger partial charge in [0.05, 0.1) is 28.3 Å². The van der Waals surface area contributed by atoms with Gasteiger partial charge in [0, 0.05) is 30.6 Å². The molecule has 4 rings (SSSR count). The van der Waals surface area contributed by atoms with Gasteiger partial charge >= 0.3 is 0 Å². The van der Waals surface area contributed by atoms with Crippen LogP contribution in [0.2, 0.25) is 0 Å². The number of amides is 3. The third-order valence-electron chi connectivity index (χ3n) is 7.26. The van der Waals surface area contributed by atoms with Crippen LogP contribution < -0.4 is 10.6 Å². The van der Waals surface area contributed by atoms with Gasteiger partial charge in [-0.3, -0.25) is 14.4 Å². The molecule has 208 valence electrons. The summed E-state index contributed by atoms with van der Waals surface area (Å²) in [5.41, 5.74) is 0.230. The summed E-state index contributed by atoms with van der Waals surface area (Å²) in [6.07, 6.45) is -0.206. The van der Waals surface area contributed by atoms with Gasteiger partial charge in [-0.1, -0.05) is 26.8 Å². The smallest absolute Gasteiger partial charge is 0.246 e. The van der Waals surface area contributed by atoms with E-state index in [1.165, 1.54) is 28.4 Å². The van der Waals surface area contributed by atoms with Crippen molar-refractivity contribution in [2.45, 2.75) is 71.7 Å². The Kier molecular flexibility index (Phi) is 7.78. The van der Waals surface area contributed by atoms with Gasteiger partial charge in [-0.25, -0.2) is 13.8 Å². The SMILES string of the molecule is Cc1ncsc1-c1ccc(CNC(=O)[C@@H]2C[C@@H](O)CN2C(=O)[C@@H](NC(=O)C2(C#N)CC2)C(C)(C)C)c(F)c1F. The minimum Gasteiger partial charge on any atom is -0.391 e. The Morgan fingerprint density at radius 3 is 2.54 bits per heavy atom. The van der Waals surface area contributed by atoms with Gasteiger partial charge in [0.15, 0.2) is 11.6 Å². The molecule has 1 aromatic heterocycles. The summed E-state index contributed by atoms with van der Waals surface area (Å²) in [5.74, 6) is -3.88.